The lowest BCUT2D eigenvalue weighted by molar-refractivity contribution is 0.188. The maximum Gasteiger partial charge on any atom is 0.201 e. The largest absolute Gasteiger partial charge is 0.491 e. The predicted octanol–water partition coefficient (Wildman–Crippen LogP) is 8.35. The SMILES string of the molecule is C=CC1CCC(COc2ccc(-c3ccc(-c4ccc(OCC)c(F)c4F)cc3)c(F)c2F)CC1. The molecule has 0 N–H and O–H groups in total. The minimum atomic E-state index is -1.06. The van der Waals surface area contributed by atoms with Gasteiger partial charge in [-0.25, -0.2) is 8.78 Å². The molecule has 0 spiro atoms. The normalized spacial score (nSPS) is 17.7. The van der Waals surface area contributed by atoms with Crippen LogP contribution in [0.4, 0.5) is 17.6 Å². The summed E-state index contributed by atoms with van der Waals surface area (Å²) in [4.78, 5) is 0. The van der Waals surface area contributed by atoms with Gasteiger partial charge < -0.3 is 9.47 Å². The summed E-state index contributed by atoms with van der Waals surface area (Å²) in [6, 6.07) is 11.8. The van der Waals surface area contributed by atoms with Crippen LogP contribution in [0, 0.1) is 35.1 Å². The van der Waals surface area contributed by atoms with Gasteiger partial charge in [0.05, 0.1) is 13.2 Å². The molecule has 1 saturated carbocycles. The van der Waals surface area contributed by atoms with Crippen LogP contribution >= 0.6 is 0 Å². The highest BCUT2D eigenvalue weighted by atomic mass is 19.2. The fourth-order valence-electron chi connectivity index (χ4n) is 4.52. The number of allylic oxidation sites excluding steroid dienone is 1. The molecule has 0 heterocycles. The molecule has 0 radical (unpaired) electrons. The smallest absolute Gasteiger partial charge is 0.201 e. The van der Waals surface area contributed by atoms with Crippen molar-refractivity contribution in [2.75, 3.05) is 13.2 Å². The van der Waals surface area contributed by atoms with Crippen molar-refractivity contribution in [1.82, 2.24) is 0 Å². The Labute approximate surface area is 203 Å². The predicted molar refractivity (Wildman–Crippen MR) is 129 cm³/mol. The molecule has 0 aliphatic heterocycles. The Kier molecular flexibility index (Phi) is 7.79. The molecule has 0 unspecified atom stereocenters. The van der Waals surface area contributed by atoms with E-state index in [-0.39, 0.29) is 29.2 Å². The highest BCUT2D eigenvalue weighted by molar-refractivity contribution is 5.72. The van der Waals surface area contributed by atoms with Crippen LogP contribution in [0.3, 0.4) is 0 Å². The Bertz CT molecular complexity index is 1180. The zero-order valence-electron chi connectivity index (χ0n) is 19.6. The number of halogens is 4. The summed E-state index contributed by atoms with van der Waals surface area (Å²) in [6.07, 6.45) is 6.01. The van der Waals surface area contributed by atoms with Gasteiger partial charge in [0.25, 0.3) is 0 Å². The van der Waals surface area contributed by atoms with E-state index in [0.717, 1.165) is 25.7 Å². The summed E-state index contributed by atoms with van der Waals surface area (Å²) in [5, 5.41) is 0. The van der Waals surface area contributed by atoms with E-state index >= 15 is 0 Å². The third-order valence-corrected chi connectivity index (χ3v) is 6.60. The van der Waals surface area contributed by atoms with E-state index in [9.17, 15) is 17.6 Å². The molecule has 35 heavy (non-hydrogen) atoms. The van der Waals surface area contributed by atoms with E-state index in [1.807, 2.05) is 6.08 Å². The molecule has 3 aromatic rings. The van der Waals surface area contributed by atoms with Crippen LogP contribution in [0.1, 0.15) is 32.6 Å². The maximum absolute atomic E-state index is 14.9. The Balaban J connectivity index is 1.48. The molecule has 4 rings (SSSR count). The monoisotopic (exact) mass is 484 g/mol. The van der Waals surface area contributed by atoms with Gasteiger partial charge in [-0.1, -0.05) is 30.3 Å². The fourth-order valence-corrected chi connectivity index (χ4v) is 4.52. The van der Waals surface area contributed by atoms with Crippen molar-refractivity contribution in [2.24, 2.45) is 11.8 Å². The summed E-state index contributed by atoms with van der Waals surface area (Å²) >= 11 is 0. The van der Waals surface area contributed by atoms with Crippen LogP contribution in [0.5, 0.6) is 11.5 Å². The van der Waals surface area contributed by atoms with E-state index in [1.165, 1.54) is 36.4 Å². The van der Waals surface area contributed by atoms with Gasteiger partial charge >= 0.3 is 0 Å². The van der Waals surface area contributed by atoms with Gasteiger partial charge in [-0.15, -0.1) is 6.58 Å². The summed E-state index contributed by atoms with van der Waals surface area (Å²) in [5.41, 5.74) is 0.924. The standard InChI is InChI=1S/C29H28F4O2/c1-3-18-5-7-19(8-6-18)17-35-25-16-14-23(27(31)29(25)33)21-11-9-20(10-12-21)22-13-15-24(34-4-2)28(32)26(22)30/h3,9-16,18-19H,1,4-8,17H2,2H3. The Hall–Kier alpha value is -3.28. The minimum Gasteiger partial charge on any atom is -0.491 e. The number of benzene rings is 3. The van der Waals surface area contributed by atoms with Gasteiger partial charge in [-0.05, 0) is 79.8 Å². The molecule has 1 fully saturated rings. The highest BCUT2D eigenvalue weighted by Gasteiger charge is 2.22. The van der Waals surface area contributed by atoms with E-state index < -0.39 is 23.3 Å². The van der Waals surface area contributed by atoms with Crippen LogP contribution in [0.25, 0.3) is 22.3 Å². The number of ether oxygens (including phenoxy) is 2. The molecule has 1 aliphatic carbocycles. The van der Waals surface area contributed by atoms with Crippen molar-refractivity contribution in [3.05, 3.63) is 84.5 Å². The average Bonchev–Trinajstić information content (AvgIpc) is 2.88. The number of hydrogen-bond acceptors (Lipinski definition) is 2. The van der Waals surface area contributed by atoms with Gasteiger partial charge in [0.2, 0.25) is 11.6 Å². The van der Waals surface area contributed by atoms with Crippen molar-refractivity contribution in [3.8, 4) is 33.8 Å². The molecule has 0 bridgehead atoms. The van der Waals surface area contributed by atoms with Gasteiger partial charge in [-0.2, -0.15) is 8.78 Å². The first-order valence-corrected chi connectivity index (χ1v) is 11.9. The van der Waals surface area contributed by atoms with E-state index in [4.69, 9.17) is 9.47 Å². The molecular weight excluding hydrogens is 456 g/mol. The summed E-state index contributed by atoms with van der Waals surface area (Å²) < 4.78 is 69.1. The highest BCUT2D eigenvalue weighted by Crippen LogP contribution is 2.35. The third kappa shape index (κ3) is 5.37. The fraction of sp³-hybridized carbons (Fsp3) is 0.310. The van der Waals surface area contributed by atoms with Crippen molar-refractivity contribution in [3.63, 3.8) is 0 Å². The molecule has 0 amide bonds. The Morgan fingerprint density at radius 1 is 0.714 bits per heavy atom. The average molecular weight is 485 g/mol. The van der Waals surface area contributed by atoms with Gasteiger partial charge in [0.15, 0.2) is 23.1 Å². The number of rotatable bonds is 8. The molecule has 184 valence electrons. The summed E-state index contributed by atoms with van der Waals surface area (Å²) in [7, 11) is 0. The summed E-state index contributed by atoms with van der Waals surface area (Å²) in [6.45, 7) is 6.08. The lowest BCUT2D eigenvalue weighted by Gasteiger charge is -2.26. The first kappa shape index (κ1) is 24.8. The zero-order valence-corrected chi connectivity index (χ0v) is 19.6. The van der Waals surface area contributed by atoms with Crippen LogP contribution in [-0.4, -0.2) is 13.2 Å². The van der Waals surface area contributed by atoms with Gasteiger partial charge in [0, 0.05) is 11.1 Å². The number of hydrogen-bond donors (Lipinski definition) is 0. The minimum absolute atomic E-state index is 0.0510. The molecule has 3 aromatic carbocycles. The van der Waals surface area contributed by atoms with E-state index in [0.29, 0.717) is 29.6 Å². The van der Waals surface area contributed by atoms with E-state index in [1.54, 1.807) is 19.1 Å². The first-order valence-electron chi connectivity index (χ1n) is 11.9. The third-order valence-electron chi connectivity index (χ3n) is 6.60. The second-order valence-corrected chi connectivity index (χ2v) is 8.82. The molecule has 6 heteroatoms. The van der Waals surface area contributed by atoms with Crippen molar-refractivity contribution < 1.29 is 27.0 Å². The molecule has 0 aromatic heterocycles. The van der Waals surface area contributed by atoms with Crippen molar-refractivity contribution >= 4 is 0 Å². The quantitative estimate of drug-likeness (QED) is 0.236. The second kappa shape index (κ2) is 11.0. The molecule has 1 aliphatic rings. The van der Waals surface area contributed by atoms with Crippen LogP contribution in [0.2, 0.25) is 0 Å². The van der Waals surface area contributed by atoms with Crippen molar-refractivity contribution in [1.29, 1.82) is 0 Å². The second-order valence-electron chi connectivity index (χ2n) is 8.82. The maximum atomic E-state index is 14.9. The topological polar surface area (TPSA) is 18.5 Å². The Morgan fingerprint density at radius 3 is 1.66 bits per heavy atom. The van der Waals surface area contributed by atoms with Gasteiger partial charge in [0.1, 0.15) is 0 Å². The van der Waals surface area contributed by atoms with E-state index in [2.05, 4.69) is 6.58 Å². The molecular formula is C29H28F4O2. The van der Waals surface area contributed by atoms with Crippen LogP contribution in [0.15, 0.2) is 61.2 Å². The van der Waals surface area contributed by atoms with Crippen LogP contribution < -0.4 is 9.47 Å². The molecule has 0 saturated heterocycles. The molecule has 2 nitrogen and oxygen atoms in total. The first-order chi connectivity index (χ1) is 16.9. The Morgan fingerprint density at radius 2 is 1.20 bits per heavy atom. The molecule has 0 atom stereocenters. The van der Waals surface area contributed by atoms with Crippen molar-refractivity contribution in [2.45, 2.75) is 32.6 Å². The zero-order chi connectivity index (χ0) is 24.9. The van der Waals surface area contributed by atoms with Gasteiger partial charge in [-0.3, -0.25) is 0 Å². The lowest BCUT2D eigenvalue weighted by atomic mass is 9.82. The van der Waals surface area contributed by atoms with Crippen LogP contribution in [-0.2, 0) is 0 Å². The summed E-state index contributed by atoms with van der Waals surface area (Å²) in [5.74, 6) is -3.57. The lowest BCUT2D eigenvalue weighted by Crippen LogP contribution is -2.19.